The minimum absolute atomic E-state index is 1.14. The SMILES string of the molecule is CN(c1ccccc1)c1ccc(-c2ccc(C3=CC=CCC3)cc2)cc1. The molecule has 0 saturated heterocycles. The van der Waals surface area contributed by atoms with E-state index in [9.17, 15) is 0 Å². The van der Waals surface area contributed by atoms with Crippen LogP contribution < -0.4 is 4.90 Å². The average Bonchev–Trinajstić information content (AvgIpc) is 2.75. The third kappa shape index (κ3) is 3.48. The largest absolute Gasteiger partial charge is 0.345 e. The molecule has 0 heterocycles. The second kappa shape index (κ2) is 7.45. The normalized spacial score (nSPS) is 13.3. The summed E-state index contributed by atoms with van der Waals surface area (Å²) in [5.41, 5.74) is 7.65. The molecule has 0 fully saturated rings. The molecule has 0 radical (unpaired) electrons. The van der Waals surface area contributed by atoms with Crippen molar-refractivity contribution in [2.75, 3.05) is 11.9 Å². The first-order chi connectivity index (χ1) is 12.8. The molecular formula is C25H23N. The van der Waals surface area contributed by atoms with Crippen molar-refractivity contribution in [3.63, 3.8) is 0 Å². The Morgan fingerprint density at radius 3 is 1.85 bits per heavy atom. The van der Waals surface area contributed by atoms with E-state index in [-0.39, 0.29) is 0 Å². The highest BCUT2D eigenvalue weighted by Gasteiger charge is 2.06. The summed E-state index contributed by atoms with van der Waals surface area (Å²) in [6, 6.07) is 28.1. The van der Waals surface area contributed by atoms with Gasteiger partial charge in [-0.25, -0.2) is 0 Å². The van der Waals surface area contributed by atoms with Crippen molar-refractivity contribution in [1.29, 1.82) is 0 Å². The molecule has 0 N–H and O–H groups in total. The van der Waals surface area contributed by atoms with E-state index in [0.717, 1.165) is 12.8 Å². The molecule has 0 spiro atoms. The summed E-state index contributed by atoms with van der Waals surface area (Å²) >= 11 is 0. The smallest absolute Gasteiger partial charge is 0.0408 e. The molecule has 0 amide bonds. The minimum atomic E-state index is 1.14. The van der Waals surface area contributed by atoms with Crippen LogP contribution in [0.25, 0.3) is 16.7 Å². The van der Waals surface area contributed by atoms with Gasteiger partial charge in [-0.2, -0.15) is 0 Å². The van der Waals surface area contributed by atoms with Crippen LogP contribution >= 0.6 is 0 Å². The van der Waals surface area contributed by atoms with E-state index in [0.29, 0.717) is 0 Å². The van der Waals surface area contributed by atoms with Crippen LogP contribution in [0.5, 0.6) is 0 Å². The summed E-state index contributed by atoms with van der Waals surface area (Å²) in [4.78, 5) is 2.20. The molecule has 26 heavy (non-hydrogen) atoms. The van der Waals surface area contributed by atoms with E-state index < -0.39 is 0 Å². The van der Waals surface area contributed by atoms with E-state index in [4.69, 9.17) is 0 Å². The van der Waals surface area contributed by atoms with Crippen LogP contribution in [0.15, 0.2) is 97.1 Å². The minimum Gasteiger partial charge on any atom is -0.345 e. The van der Waals surface area contributed by atoms with Gasteiger partial charge in [0.05, 0.1) is 0 Å². The average molecular weight is 337 g/mol. The summed E-state index contributed by atoms with van der Waals surface area (Å²) in [6.07, 6.45) is 8.90. The highest BCUT2D eigenvalue weighted by Crippen LogP contribution is 2.29. The first-order valence-corrected chi connectivity index (χ1v) is 9.16. The molecular weight excluding hydrogens is 314 g/mol. The molecule has 128 valence electrons. The van der Waals surface area contributed by atoms with Gasteiger partial charge in [-0.15, -0.1) is 0 Å². The lowest BCUT2D eigenvalue weighted by Crippen LogP contribution is -2.08. The lowest BCUT2D eigenvalue weighted by Gasteiger charge is -2.19. The zero-order chi connectivity index (χ0) is 17.8. The van der Waals surface area contributed by atoms with Crippen molar-refractivity contribution in [1.82, 2.24) is 0 Å². The Bertz CT molecular complexity index is 916. The highest BCUT2D eigenvalue weighted by atomic mass is 15.1. The number of hydrogen-bond donors (Lipinski definition) is 0. The maximum Gasteiger partial charge on any atom is 0.0408 e. The van der Waals surface area contributed by atoms with E-state index in [1.807, 2.05) is 6.07 Å². The van der Waals surface area contributed by atoms with Gasteiger partial charge in [0, 0.05) is 18.4 Å². The van der Waals surface area contributed by atoms with Crippen molar-refractivity contribution in [3.05, 3.63) is 103 Å². The van der Waals surface area contributed by atoms with Crippen molar-refractivity contribution >= 4 is 16.9 Å². The van der Waals surface area contributed by atoms with Gasteiger partial charge >= 0.3 is 0 Å². The molecule has 1 aliphatic rings. The number of rotatable bonds is 4. The predicted octanol–water partition coefficient (Wildman–Crippen LogP) is 6.85. The Morgan fingerprint density at radius 2 is 1.23 bits per heavy atom. The van der Waals surface area contributed by atoms with Gasteiger partial charge in [-0.3, -0.25) is 0 Å². The quantitative estimate of drug-likeness (QED) is 0.503. The Hall–Kier alpha value is -3.06. The van der Waals surface area contributed by atoms with Crippen molar-refractivity contribution in [3.8, 4) is 11.1 Å². The first kappa shape index (κ1) is 16.4. The topological polar surface area (TPSA) is 3.24 Å². The fraction of sp³-hybridized carbons (Fsp3) is 0.120. The van der Waals surface area contributed by atoms with Gasteiger partial charge in [0.25, 0.3) is 0 Å². The van der Waals surface area contributed by atoms with Crippen LogP contribution in [0.4, 0.5) is 11.4 Å². The van der Waals surface area contributed by atoms with Crippen LogP contribution in [0, 0.1) is 0 Å². The summed E-state index contributed by atoms with van der Waals surface area (Å²) < 4.78 is 0. The summed E-state index contributed by atoms with van der Waals surface area (Å²) in [5.74, 6) is 0. The fourth-order valence-corrected chi connectivity index (χ4v) is 3.40. The molecule has 3 aromatic rings. The Kier molecular flexibility index (Phi) is 4.70. The van der Waals surface area contributed by atoms with Gasteiger partial charge in [-0.1, -0.05) is 72.8 Å². The Morgan fingerprint density at radius 1 is 0.654 bits per heavy atom. The number of allylic oxidation sites excluding steroid dienone is 4. The highest BCUT2D eigenvalue weighted by molar-refractivity contribution is 5.73. The summed E-state index contributed by atoms with van der Waals surface area (Å²) in [5, 5.41) is 0. The number of para-hydroxylation sites is 1. The van der Waals surface area contributed by atoms with Gasteiger partial charge in [0.15, 0.2) is 0 Å². The summed E-state index contributed by atoms with van der Waals surface area (Å²) in [6.45, 7) is 0. The Balaban J connectivity index is 1.53. The van der Waals surface area contributed by atoms with Crippen LogP contribution in [0.2, 0.25) is 0 Å². The van der Waals surface area contributed by atoms with Gasteiger partial charge < -0.3 is 4.90 Å². The molecule has 3 aromatic carbocycles. The van der Waals surface area contributed by atoms with Crippen molar-refractivity contribution < 1.29 is 0 Å². The maximum atomic E-state index is 2.24. The zero-order valence-corrected chi connectivity index (χ0v) is 15.1. The van der Waals surface area contributed by atoms with Crippen molar-refractivity contribution in [2.24, 2.45) is 0 Å². The van der Waals surface area contributed by atoms with E-state index in [2.05, 4.69) is 103 Å². The van der Waals surface area contributed by atoms with E-state index in [1.165, 1.54) is 33.6 Å². The zero-order valence-electron chi connectivity index (χ0n) is 15.1. The third-order valence-corrected chi connectivity index (χ3v) is 5.00. The molecule has 0 saturated carbocycles. The second-order valence-electron chi connectivity index (χ2n) is 6.68. The van der Waals surface area contributed by atoms with Crippen LogP contribution in [-0.2, 0) is 0 Å². The standard InChI is InChI=1S/C25H23N/c1-26(24-10-6-3-7-11-24)25-18-16-23(17-19-25)22-14-12-21(13-15-22)20-8-4-2-5-9-20/h2-4,6-8,10-19H,5,9H2,1H3. The van der Waals surface area contributed by atoms with Gasteiger partial charge in [0.2, 0.25) is 0 Å². The molecule has 4 rings (SSSR count). The maximum absolute atomic E-state index is 2.24. The molecule has 0 aromatic heterocycles. The molecule has 1 heteroatoms. The van der Waals surface area contributed by atoms with Crippen LogP contribution in [0.3, 0.4) is 0 Å². The first-order valence-electron chi connectivity index (χ1n) is 9.16. The van der Waals surface area contributed by atoms with Crippen LogP contribution in [-0.4, -0.2) is 7.05 Å². The number of benzene rings is 3. The molecule has 0 aliphatic heterocycles. The molecule has 0 bridgehead atoms. The molecule has 0 unspecified atom stereocenters. The molecule has 1 aliphatic carbocycles. The van der Waals surface area contributed by atoms with Crippen LogP contribution in [0.1, 0.15) is 18.4 Å². The predicted molar refractivity (Wildman–Crippen MR) is 113 cm³/mol. The Labute approximate surface area is 155 Å². The second-order valence-corrected chi connectivity index (χ2v) is 6.68. The van der Waals surface area contributed by atoms with E-state index in [1.54, 1.807) is 0 Å². The summed E-state index contributed by atoms with van der Waals surface area (Å²) in [7, 11) is 2.10. The fourth-order valence-electron chi connectivity index (χ4n) is 3.40. The molecule has 0 atom stereocenters. The molecule has 1 nitrogen and oxygen atoms in total. The van der Waals surface area contributed by atoms with E-state index >= 15 is 0 Å². The lowest BCUT2D eigenvalue weighted by molar-refractivity contribution is 1.05. The number of nitrogens with zero attached hydrogens (tertiary/aromatic N) is 1. The van der Waals surface area contributed by atoms with Crippen molar-refractivity contribution in [2.45, 2.75) is 12.8 Å². The number of hydrogen-bond acceptors (Lipinski definition) is 1. The van der Waals surface area contributed by atoms with Gasteiger partial charge in [-0.05, 0) is 59.4 Å². The van der Waals surface area contributed by atoms with Gasteiger partial charge in [0.1, 0.15) is 0 Å². The lowest BCUT2D eigenvalue weighted by atomic mass is 9.95. The number of anilines is 2. The third-order valence-electron chi connectivity index (χ3n) is 5.00. The monoisotopic (exact) mass is 337 g/mol.